The highest BCUT2D eigenvalue weighted by Gasteiger charge is 2.14. The lowest BCUT2D eigenvalue weighted by atomic mass is 10.2. The van der Waals surface area contributed by atoms with E-state index in [4.69, 9.17) is 11.8 Å². The molecular formula is C7H7ClNO3S-. The Bertz CT molecular complexity index is 385. The van der Waals surface area contributed by atoms with E-state index in [0.29, 0.717) is 0 Å². The maximum atomic E-state index is 11.1. The zero-order valence-corrected chi connectivity index (χ0v) is 8.34. The Morgan fingerprint density at radius 3 is 2.15 bits per heavy atom. The highest BCUT2D eigenvalue weighted by atomic mass is 35.5. The number of sulfonamides is 1. The maximum absolute atomic E-state index is 11.1. The molecule has 1 aromatic rings. The monoisotopic (exact) mass is 220 g/mol. The molecule has 0 atom stereocenters. The number of halogens is 1. The van der Waals surface area contributed by atoms with E-state index in [1.54, 1.807) is 12.1 Å². The van der Waals surface area contributed by atoms with Crippen LogP contribution in [0.2, 0.25) is 0 Å². The second-order valence-electron chi connectivity index (χ2n) is 2.50. The Labute approximate surface area is 81.5 Å². The second-order valence-corrected chi connectivity index (χ2v) is 4.76. The molecule has 72 valence electrons. The lowest BCUT2D eigenvalue weighted by Gasteiger charge is -2.17. The summed E-state index contributed by atoms with van der Waals surface area (Å²) in [6.07, 6.45) is 0. The van der Waals surface area contributed by atoms with E-state index in [0.717, 1.165) is 5.56 Å². The lowest BCUT2D eigenvalue weighted by molar-refractivity contribution is 0.570. The van der Waals surface area contributed by atoms with Crippen LogP contribution in [-0.4, -0.2) is 12.4 Å². The van der Waals surface area contributed by atoms with Gasteiger partial charge in [-0.15, -0.1) is 0 Å². The van der Waals surface area contributed by atoms with Crippen LogP contribution in [0.5, 0.6) is 0 Å². The number of benzene rings is 1. The summed E-state index contributed by atoms with van der Waals surface area (Å²) in [4.78, 5) is -0.108. The minimum atomic E-state index is -4.05. The van der Waals surface area contributed by atoms with Gasteiger partial charge in [0.15, 0.2) is 0 Å². The van der Waals surface area contributed by atoms with E-state index in [-0.39, 0.29) is 4.90 Å². The van der Waals surface area contributed by atoms with Crippen LogP contribution in [0.3, 0.4) is 0 Å². The van der Waals surface area contributed by atoms with Crippen LogP contribution in [0.15, 0.2) is 29.2 Å². The molecule has 0 heterocycles. The van der Waals surface area contributed by atoms with Crippen LogP contribution in [0.4, 0.5) is 0 Å². The van der Waals surface area contributed by atoms with Crippen LogP contribution in [-0.2, 0) is 10.0 Å². The van der Waals surface area contributed by atoms with Gasteiger partial charge in [0.25, 0.3) is 0 Å². The molecule has 0 aliphatic carbocycles. The summed E-state index contributed by atoms with van der Waals surface area (Å²) in [5, 5.41) is 10.4. The molecule has 0 saturated carbocycles. The van der Waals surface area contributed by atoms with E-state index >= 15 is 0 Å². The number of hydrogen-bond acceptors (Lipinski definition) is 3. The molecule has 0 N–H and O–H groups in total. The summed E-state index contributed by atoms with van der Waals surface area (Å²) < 4.78 is 21.7. The third-order valence-electron chi connectivity index (χ3n) is 1.51. The predicted molar refractivity (Wildman–Crippen MR) is 49.4 cm³/mol. The molecular weight excluding hydrogens is 214 g/mol. The van der Waals surface area contributed by atoms with Crippen molar-refractivity contribution in [2.45, 2.75) is 11.8 Å². The second kappa shape index (κ2) is 3.63. The van der Waals surface area contributed by atoms with Gasteiger partial charge in [-0.05, 0) is 30.8 Å². The molecule has 6 heteroatoms. The smallest absolute Gasteiger partial charge is 0.245 e. The molecule has 4 nitrogen and oxygen atoms in total. The van der Waals surface area contributed by atoms with Crippen LogP contribution < -0.4 is 0 Å². The first-order chi connectivity index (χ1) is 5.94. The summed E-state index contributed by atoms with van der Waals surface area (Å²) in [5.74, 6) is 0. The van der Waals surface area contributed by atoms with Gasteiger partial charge in [-0.3, -0.25) is 0 Å². The van der Waals surface area contributed by atoms with Crippen molar-refractivity contribution in [1.82, 2.24) is 3.99 Å². The highest BCUT2D eigenvalue weighted by Crippen LogP contribution is 2.16. The first kappa shape index (κ1) is 10.5. The molecule has 1 rings (SSSR count). The average Bonchev–Trinajstić information content (AvgIpc) is 2.04. The molecule has 0 unspecified atom stereocenters. The average molecular weight is 221 g/mol. The molecule has 0 amide bonds. The van der Waals surface area contributed by atoms with Gasteiger partial charge in [0.1, 0.15) is 0 Å². The fourth-order valence-corrected chi connectivity index (χ4v) is 1.68. The van der Waals surface area contributed by atoms with E-state index < -0.39 is 14.0 Å². The zero-order valence-electron chi connectivity index (χ0n) is 6.77. The van der Waals surface area contributed by atoms with Crippen molar-refractivity contribution in [2.75, 3.05) is 0 Å². The van der Waals surface area contributed by atoms with Gasteiger partial charge < -0.3 is 5.21 Å². The van der Waals surface area contributed by atoms with Crippen LogP contribution in [0.25, 0.3) is 0 Å². The summed E-state index contributed by atoms with van der Waals surface area (Å²) in [5.41, 5.74) is 0.908. The summed E-state index contributed by atoms with van der Waals surface area (Å²) in [6.45, 7) is 1.81. The summed E-state index contributed by atoms with van der Waals surface area (Å²) in [7, 11) is -4.05. The zero-order chi connectivity index (χ0) is 10.1. The van der Waals surface area contributed by atoms with Crippen molar-refractivity contribution in [2.24, 2.45) is 0 Å². The Kier molecular flexibility index (Phi) is 2.92. The third kappa shape index (κ3) is 2.19. The van der Waals surface area contributed by atoms with Crippen molar-refractivity contribution >= 4 is 21.8 Å². The Morgan fingerprint density at radius 2 is 1.77 bits per heavy atom. The third-order valence-corrected chi connectivity index (χ3v) is 3.30. The minimum Gasteiger partial charge on any atom is -0.758 e. The minimum absolute atomic E-state index is 0.108. The molecule has 0 aliphatic rings. The van der Waals surface area contributed by atoms with Gasteiger partial charge in [0.2, 0.25) is 10.0 Å². The van der Waals surface area contributed by atoms with Crippen LogP contribution in [0.1, 0.15) is 5.56 Å². The topological polar surface area (TPSA) is 60.4 Å². The van der Waals surface area contributed by atoms with E-state index in [9.17, 15) is 13.6 Å². The molecule has 0 bridgehead atoms. The van der Waals surface area contributed by atoms with Crippen molar-refractivity contribution in [3.63, 3.8) is 0 Å². The number of nitrogens with zero attached hydrogens (tertiary/aromatic N) is 1. The van der Waals surface area contributed by atoms with Crippen LogP contribution in [0, 0.1) is 12.1 Å². The molecule has 0 spiro atoms. The van der Waals surface area contributed by atoms with Crippen molar-refractivity contribution < 1.29 is 8.42 Å². The van der Waals surface area contributed by atoms with Gasteiger partial charge in [0, 0.05) is 0 Å². The molecule has 0 aliphatic heterocycles. The summed E-state index contributed by atoms with van der Waals surface area (Å²) >= 11 is 4.83. The Morgan fingerprint density at radius 1 is 1.31 bits per heavy atom. The quantitative estimate of drug-likeness (QED) is 0.562. The molecule has 0 saturated heterocycles. The Hall–Kier alpha value is -0.620. The van der Waals surface area contributed by atoms with Crippen molar-refractivity contribution in [1.29, 1.82) is 0 Å². The molecule has 1 aromatic carbocycles. The first-order valence-corrected chi connectivity index (χ1v) is 5.17. The fourth-order valence-electron chi connectivity index (χ4n) is 0.793. The van der Waals surface area contributed by atoms with Crippen molar-refractivity contribution in [3.8, 4) is 0 Å². The Balaban J connectivity index is 3.17. The molecule has 13 heavy (non-hydrogen) atoms. The SMILES string of the molecule is Cc1ccc(S(=O)(=O)N([O-])Cl)cc1. The molecule has 0 fully saturated rings. The van der Waals surface area contributed by atoms with Gasteiger partial charge >= 0.3 is 0 Å². The fraction of sp³-hybridized carbons (Fsp3) is 0.143. The highest BCUT2D eigenvalue weighted by molar-refractivity contribution is 7.90. The van der Waals surface area contributed by atoms with E-state index in [1.165, 1.54) is 12.1 Å². The van der Waals surface area contributed by atoms with E-state index in [2.05, 4.69) is 0 Å². The van der Waals surface area contributed by atoms with Gasteiger partial charge in [-0.2, -0.15) is 3.99 Å². The van der Waals surface area contributed by atoms with Gasteiger partial charge in [-0.1, -0.05) is 17.7 Å². The molecule has 0 radical (unpaired) electrons. The standard InChI is InChI=1S/C7H7ClNO3S/c1-6-2-4-7(5-3-6)13(11,12)9(8)10/h2-5H,1H3/q-1. The number of aryl methyl sites for hydroxylation is 1. The van der Waals surface area contributed by atoms with Gasteiger partial charge in [-0.25, -0.2) is 8.42 Å². The first-order valence-electron chi connectivity index (χ1n) is 3.39. The van der Waals surface area contributed by atoms with Crippen LogP contribution >= 0.6 is 11.8 Å². The lowest BCUT2D eigenvalue weighted by Crippen LogP contribution is -2.15. The molecule has 0 aromatic heterocycles. The van der Waals surface area contributed by atoms with Gasteiger partial charge in [0.05, 0.1) is 4.90 Å². The van der Waals surface area contributed by atoms with E-state index in [1.807, 2.05) is 6.92 Å². The summed E-state index contributed by atoms with van der Waals surface area (Å²) in [6, 6.07) is 5.84. The maximum Gasteiger partial charge on any atom is 0.245 e. The largest absolute Gasteiger partial charge is 0.758 e. The van der Waals surface area contributed by atoms with Crippen molar-refractivity contribution in [3.05, 3.63) is 35.0 Å². The number of rotatable bonds is 2. The number of hydrogen-bond donors (Lipinski definition) is 0. The normalized spacial score (nSPS) is 12.0. The predicted octanol–water partition coefficient (Wildman–Crippen LogP) is 1.64.